The smallest absolute Gasteiger partial charge is 0.338 e. The van der Waals surface area contributed by atoms with E-state index in [-0.39, 0.29) is 29.5 Å². The number of ether oxygens (including phenoxy) is 2. The molecule has 3 rings (SSSR count). The Balaban J connectivity index is 1.78. The van der Waals surface area contributed by atoms with Crippen molar-refractivity contribution in [1.82, 2.24) is 10.2 Å². The Morgan fingerprint density at radius 2 is 2.03 bits per heavy atom. The fourth-order valence-corrected chi connectivity index (χ4v) is 4.11. The van der Waals surface area contributed by atoms with Crippen molar-refractivity contribution in [2.24, 2.45) is 0 Å². The number of rotatable bonds is 8. The van der Waals surface area contributed by atoms with Crippen LogP contribution in [0, 0.1) is 10.1 Å². The number of hydrogen-bond acceptors (Lipinski definition) is 8. The highest BCUT2D eigenvalue weighted by atomic mass is 32.1. The van der Waals surface area contributed by atoms with Crippen molar-refractivity contribution in [3.05, 3.63) is 61.8 Å². The maximum atomic E-state index is 12.8. The molecule has 2 aromatic rings. The molecule has 30 heavy (non-hydrogen) atoms. The summed E-state index contributed by atoms with van der Waals surface area (Å²) < 4.78 is 10.3. The van der Waals surface area contributed by atoms with Gasteiger partial charge >= 0.3 is 5.97 Å². The summed E-state index contributed by atoms with van der Waals surface area (Å²) in [6.07, 6.45) is 0. The summed E-state index contributed by atoms with van der Waals surface area (Å²) in [5.74, 6) is -1.20. The fourth-order valence-electron chi connectivity index (χ4n) is 3.25. The number of hydrogen-bond donors (Lipinski definition) is 1. The molecule has 9 nitrogen and oxygen atoms in total. The summed E-state index contributed by atoms with van der Waals surface area (Å²) in [5, 5.41) is 16.1. The van der Waals surface area contributed by atoms with Gasteiger partial charge in [-0.2, -0.15) is 0 Å². The third kappa shape index (κ3) is 5.41. The third-order valence-electron chi connectivity index (χ3n) is 4.72. The van der Waals surface area contributed by atoms with Gasteiger partial charge in [0.2, 0.25) is 0 Å². The molecule has 1 aromatic heterocycles. The van der Waals surface area contributed by atoms with Crippen LogP contribution in [0.25, 0.3) is 0 Å². The van der Waals surface area contributed by atoms with Gasteiger partial charge in [-0.3, -0.25) is 19.8 Å². The van der Waals surface area contributed by atoms with E-state index in [0.29, 0.717) is 19.8 Å². The van der Waals surface area contributed by atoms with Crippen molar-refractivity contribution in [3.8, 4) is 0 Å². The zero-order valence-electron chi connectivity index (χ0n) is 16.5. The molecule has 1 aliphatic heterocycles. The molecule has 1 saturated heterocycles. The average Bonchev–Trinajstić information content (AvgIpc) is 3.29. The van der Waals surface area contributed by atoms with Crippen molar-refractivity contribution < 1.29 is 24.0 Å². The summed E-state index contributed by atoms with van der Waals surface area (Å²) in [6.45, 7) is 4.86. The number of esters is 1. The first-order chi connectivity index (χ1) is 14.5. The van der Waals surface area contributed by atoms with Crippen LogP contribution in [0.1, 0.15) is 38.6 Å². The molecule has 1 aliphatic rings. The quantitative estimate of drug-likeness (QED) is 0.387. The van der Waals surface area contributed by atoms with Crippen LogP contribution < -0.4 is 5.32 Å². The topological polar surface area (TPSA) is 111 Å². The Morgan fingerprint density at radius 3 is 2.67 bits per heavy atom. The summed E-state index contributed by atoms with van der Waals surface area (Å²) in [6, 6.07) is 7.53. The second kappa shape index (κ2) is 10.3. The van der Waals surface area contributed by atoms with E-state index in [4.69, 9.17) is 9.47 Å². The molecule has 0 spiro atoms. The number of nitrogens with zero attached hydrogens (tertiary/aromatic N) is 2. The van der Waals surface area contributed by atoms with Gasteiger partial charge < -0.3 is 14.8 Å². The molecule has 1 fully saturated rings. The number of carbonyl (C=O) groups excluding carboxylic acids is 2. The number of non-ortho nitro benzene ring substituents is 1. The fraction of sp³-hybridized carbons (Fsp3) is 0.400. The van der Waals surface area contributed by atoms with Gasteiger partial charge in [-0.1, -0.05) is 6.07 Å². The van der Waals surface area contributed by atoms with E-state index in [1.54, 1.807) is 18.3 Å². The Labute approximate surface area is 177 Å². The van der Waals surface area contributed by atoms with E-state index in [9.17, 15) is 19.7 Å². The molecule has 1 unspecified atom stereocenters. The van der Waals surface area contributed by atoms with Crippen molar-refractivity contribution in [2.75, 3.05) is 39.5 Å². The average molecular weight is 433 g/mol. The van der Waals surface area contributed by atoms with Crippen LogP contribution in [-0.4, -0.2) is 61.2 Å². The van der Waals surface area contributed by atoms with Crippen LogP contribution in [0.4, 0.5) is 5.69 Å². The minimum absolute atomic E-state index is 0.0268. The van der Waals surface area contributed by atoms with E-state index in [0.717, 1.165) is 30.1 Å². The molecule has 0 bridgehead atoms. The number of amides is 1. The predicted octanol–water partition coefficient (Wildman–Crippen LogP) is 2.64. The highest BCUT2D eigenvalue weighted by Crippen LogP contribution is 2.26. The van der Waals surface area contributed by atoms with E-state index in [1.807, 2.05) is 17.5 Å². The molecule has 1 amide bonds. The third-order valence-corrected chi connectivity index (χ3v) is 5.69. The van der Waals surface area contributed by atoms with Gasteiger partial charge in [0.25, 0.3) is 11.6 Å². The highest BCUT2D eigenvalue weighted by molar-refractivity contribution is 7.10. The second-order valence-electron chi connectivity index (χ2n) is 6.64. The molecule has 1 N–H and O–H groups in total. The minimum atomic E-state index is -0.708. The second-order valence-corrected chi connectivity index (χ2v) is 7.61. The van der Waals surface area contributed by atoms with Gasteiger partial charge in [0.1, 0.15) is 0 Å². The number of benzene rings is 1. The van der Waals surface area contributed by atoms with Gasteiger partial charge in [-0.25, -0.2) is 4.79 Å². The van der Waals surface area contributed by atoms with Crippen molar-refractivity contribution in [2.45, 2.75) is 13.0 Å². The zero-order valence-corrected chi connectivity index (χ0v) is 17.4. The van der Waals surface area contributed by atoms with Crippen molar-refractivity contribution >= 4 is 28.9 Å². The van der Waals surface area contributed by atoms with Gasteiger partial charge in [-0.15, -0.1) is 11.3 Å². The lowest BCUT2D eigenvalue weighted by Gasteiger charge is -2.34. The number of nitrogens with one attached hydrogen (secondary N) is 1. The summed E-state index contributed by atoms with van der Waals surface area (Å²) in [7, 11) is 0. The van der Waals surface area contributed by atoms with Crippen LogP contribution in [0.5, 0.6) is 0 Å². The van der Waals surface area contributed by atoms with Gasteiger partial charge in [0.15, 0.2) is 0 Å². The van der Waals surface area contributed by atoms with E-state index < -0.39 is 16.8 Å². The molecule has 1 atom stereocenters. The zero-order chi connectivity index (χ0) is 21.5. The molecule has 0 saturated carbocycles. The Hall–Kier alpha value is -2.82. The summed E-state index contributed by atoms with van der Waals surface area (Å²) in [5.41, 5.74) is -0.327. The van der Waals surface area contributed by atoms with E-state index >= 15 is 0 Å². The molecular formula is C20H23N3O6S. The van der Waals surface area contributed by atoms with Gasteiger partial charge in [0.05, 0.1) is 36.3 Å². The number of morpholine rings is 1. The highest BCUT2D eigenvalue weighted by Gasteiger charge is 2.25. The van der Waals surface area contributed by atoms with Gasteiger partial charge in [-0.05, 0) is 24.4 Å². The lowest BCUT2D eigenvalue weighted by molar-refractivity contribution is -0.384. The molecule has 0 aliphatic carbocycles. The molecular weight excluding hydrogens is 410 g/mol. The maximum absolute atomic E-state index is 12.8. The normalized spacial score (nSPS) is 15.4. The number of nitro benzene ring substituents is 1. The van der Waals surface area contributed by atoms with Crippen LogP contribution in [0.3, 0.4) is 0 Å². The van der Waals surface area contributed by atoms with E-state index in [2.05, 4.69) is 10.2 Å². The maximum Gasteiger partial charge on any atom is 0.338 e. The Morgan fingerprint density at radius 1 is 1.30 bits per heavy atom. The first-order valence-corrected chi connectivity index (χ1v) is 10.5. The molecule has 2 heterocycles. The summed E-state index contributed by atoms with van der Waals surface area (Å²) >= 11 is 1.61. The molecule has 10 heteroatoms. The molecule has 160 valence electrons. The van der Waals surface area contributed by atoms with Crippen LogP contribution in [0.15, 0.2) is 35.7 Å². The lowest BCUT2D eigenvalue weighted by atomic mass is 10.1. The Kier molecular flexibility index (Phi) is 7.50. The Bertz CT molecular complexity index is 896. The first kappa shape index (κ1) is 21.9. The predicted molar refractivity (Wildman–Crippen MR) is 111 cm³/mol. The lowest BCUT2D eigenvalue weighted by Crippen LogP contribution is -2.43. The van der Waals surface area contributed by atoms with Crippen molar-refractivity contribution in [1.29, 1.82) is 0 Å². The number of thiophene rings is 1. The standard InChI is InChI=1S/C20H23N3O6S/c1-2-29-20(25)15-10-14(11-16(12-15)23(26)27)19(24)21-13-17(18-4-3-9-30-18)22-5-7-28-8-6-22/h3-4,9-12,17H,2,5-8,13H2,1H3,(H,21,24). The van der Waals surface area contributed by atoms with Crippen LogP contribution in [0.2, 0.25) is 0 Å². The largest absolute Gasteiger partial charge is 0.462 e. The van der Waals surface area contributed by atoms with Crippen LogP contribution >= 0.6 is 11.3 Å². The first-order valence-electron chi connectivity index (χ1n) is 9.59. The SMILES string of the molecule is CCOC(=O)c1cc(C(=O)NCC(c2cccs2)N2CCOCC2)cc([N+](=O)[O-])c1. The summed E-state index contributed by atoms with van der Waals surface area (Å²) in [4.78, 5) is 38.8. The minimum Gasteiger partial charge on any atom is -0.462 e. The van der Waals surface area contributed by atoms with E-state index in [1.165, 1.54) is 6.07 Å². The number of carbonyl (C=O) groups is 2. The van der Waals surface area contributed by atoms with Crippen molar-refractivity contribution in [3.63, 3.8) is 0 Å². The van der Waals surface area contributed by atoms with Gasteiger partial charge in [0, 0.05) is 42.2 Å². The number of nitro groups is 1. The molecule has 1 aromatic carbocycles. The van der Waals surface area contributed by atoms with Crippen LogP contribution in [-0.2, 0) is 9.47 Å². The molecule has 0 radical (unpaired) electrons. The monoisotopic (exact) mass is 433 g/mol.